The van der Waals surface area contributed by atoms with Crippen molar-refractivity contribution < 1.29 is 0 Å². The number of para-hydroxylation sites is 2. The second-order valence-corrected chi connectivity index (χ2v) is 32.0. The third kappa shape index (κ3) is 12.4. The van der Waals surface area contributed by atoms with Gasteiger partial charge in [0.05, 0.1) is 22.1 Å². The molecular formula is C120H78N2. The molecule has 568 valence electrons. The lowest BCUT2D eigenvalue weighted by Crippen LogP contribution is -1.94. The van der Waals surface area contributed by atoms with Gasteiger partial charge in [-0.2, -0.15) is 0 Å². The zero-order valence-electron chi connectivity index (χ0n) is 66.9. The Hall–Kier alpha value is -16.0. The van der Waals surface area contributed by atoms with E-state index in [9.17, 15) is 0 Å². The molecular weight excluding hydrogens is 1470 g/mol. The SMILES string of the molecule is c1ccc(-c2c3ccccc3c(-c3ccc(-n4c5ccccc5c5cc(-c6ccc(-c7ccc(-c8cccc9ccccc89)cc7)cc6)ccc54)cc3)c3ccccc23)cc1.c1ccc(-c2c3ccccc3c(-c3ccc(-n4c5ccccc5c5cc(-c6ccc(-c7ccc(-c8cccc9ccccc89)cc7)cc6)ccc54)cc3)c3ccccc23)cc1. The van der Waals surface area contributed by atoms with Crippen molar-refractivity contribution in [1.82, 2.24) is 9.13 Å². The van der Waals surface area contributed by atoms with Gasteiger partial charge in [-0.1, -0.05) is 413 Å². The molecule has 0 radical (unpaired) electrons. The molecule has 0 unspecified atom stereocenters. The summed E-state index contributed by atoms with van der Waals surface area (Å²) in [5.41, 5.74) is 31.8. The van der Waals surface area contributed by atoms with Gasteiger partial charge >= 0.3 is 0 Å². The summed E-state index contributed by atoms with van der Waals surface area (Å²) in [6.45, 7) is 0. The van der Waals surface area contributed by atoms with Crippen molar-refractivity contribution in [2.45, 2.75) is 0 Å². The van der Waals surface area contributed by atoms with Crippen LogP contribution in [0, 0.1) is 0 Å². The Morgan fingerprint density at radius 2 is 0.328 bits per heavy atom. The molecule has 2 heteroatoms. The first-order chi connectivity index (χ1) is 60.5. The molecule has 0 amide bonds. The summed E-state index contributed by atoms with van der Waals surface area (Å²) in [7, 11) is 0. The number of fused-ring (bicyclic) bond motifs is 12. The van der Waals surface area contributed by atoms with Crippen LogP contribution < -0.4 is 0 Å². The first kappa shape index (κ1) is 71.3. The van der Waals surface area contributed by atoms with Crippen LogP contribution in [0.1, 0.15) is 0 Å². The van der Waals surface area contributed by atoms with Gasteiger partial charge in [-0.05, 0) is 237 Å². The maximum Gasteiger partial charge on any atom is 0.0541 e. The van der Waals surface area contributed by atoms with Crippen LogP contribution in [-0.4, -0.2) is 9.13 Å². The van der Waals surface area contributed by atoms with Gasteiger partial charge in [0.2, 0.25) is 0 Å². The van der Waals surface area contributed by atoms with Gasteiger partial charge in [0.25, 0.3) is 0 Å². The maximum absolute atomic E-state index is 2.41. The average molecular weight is 1550 g/mol. The molecule has 122 heavy (non-hydrogen) atoms. The number of hydrogen-bond acceptors (Lipinski definition) is 0. The van der Waals surface area contributed by atoms with E-state index in [2.05, 4.69) is 482 Å². The van der Waals surface area contributed by atoms with E-state index in [4.69, 9.17) is 0 Å². The minimum Gasteiger partial charge on any atom is -0.309 e. The van der Waals surface area contributed by atoms with Crippen LogP contribution in [0.3, 0.4) is 0 Å². The number of aromatic nitrogens is 2. The van der Waals surface area contributed by atoms with Gasteiger partial charge in [-0.3, -0.25) is 0 Å². The van der Waals surface area contributed by atoms with E-state index >= 15 is 0 Å². The van der Waals surface area contributed by atoms with Gasteiger partial charge < -0.3 is 9.13 Å². The summed E-state index contributed by atoms with van der Waals surface area (Å²) in [5, 5.41) is 20.2. The summed E-state index contributed by atoms with van der Waals surface area (Å²) in [6.07, 6.45) is 0. The van der Waals surface area contributed by atoms with Crippen LogP contribution >= 0.6 is 0 Å². The lowest BCUT2D eigenvalue weighted by atomic mass is 9.86. The second kappa shape index (κ2) is 30.2. The van der Waals surface area contributed by atoms with Gasteiger partial charge in [0.15, 0.2) is 0 Å². The molecule has 0 fully saturated rings. The van der Waals surface area contributed by atoms with Crippen molar-refractivity contribution >= 4 is 108 Å². The minimum absolute atomic E-state index is 1.15. The van der Waals surface area contributed by atoms with Crippen molar-refractivity contribution in [3.05, 3.63) is 473 Å². The highest BCUT2D eigenvalue weighted by molar-refractivity contribution is 6.23. The lowest BCUT2D eigenvalue weighted by Gasteiger charge is -2.18. The molecule has 24 rings (SSSR count). The Balaban J connectivity index is 0.000000142. The van der Waals surface area contributed by atoms with E-state index in [1.54, 1.807) is 0 Å². The highest BCUT2D eigenvalue weighted by atomic mass is 15.0. The summed E-state index contributed by atoms with van der Waals surface area (Å²) >= 11 is 0. The van der Waals surface area contributed by atoms with Gasteiger partial charge in [-0.15, -0.1) is 0 Å². The highest BCUT2D eigenvalue weighted by Crippen LogP contribution is 2.48. The fraction of sp³-hybridized carbons (Fsp3) is 0. The van der Waals surface area contributed by atoms with E-state index in [-0.39, 0.29) is 0 Å². The molecule has 2 aromatic heterocycles. The van der Waals surface area contributed by atoms with E-state index in [0.717, 1.165) is 11.4 Å². The number of nitrogens with zero attached hydrogens (tertiary/aromatic N) is 2. The standard InChI is InChI=1S/2C60H39N/c2*1-2-14-45(15-3-1)59-52-19-6-8-21-54(52)60(55-22-9-7-20-53(55)59)46-33-36-48(37-34-46)61-57-24-11-10-18-51(57)56-39-47(35-38-58(56)61)42-27-25-40(26-28-42)41-29-31-44(32-30-41)50-23-12-16-43-13-4-5-17-49(43)50/h2*1-39H. The van der Waals surface area contributed by atoms with E-state index in [1.807, 2.05) is 0 Å². The van der Waals surface area contributed by atoms with Gasteiger partial charge in [-0.25, -0.2) is 0 Å². The summed E-state index contributed by atoms with van der Waals surface area (Å²) in [4.78, 5) is 0. The van der Waals surface area contributed by atoms with Crippen LogP contribution in [-0.2, 0) is 0 Å². The fourth-order valence-corrected chi connectivity index (χ4v) is 19.5. The van der Waals surface area contributed by atoms with Crippen LogP contribution in [0.15, 0.2) is 473 Å². The smallest absolute Gasteiger partial charge is 0.0541 e. The molecule has 2 heterocycles. The van der Waals surface area contributed by atoms with Gasteiger partial charge in [0, 0.05) is 32.9 Å². The Morgan fingerprint density at radius 3 is 0.639 bits per heavy atom. The largest absolute Gasteiger partial charge is 0.309 e. The average Bonchev–Trinajstić information content (AvgIpc) is 1.35. The van der Waals surface area contributed by atoms with Crippen LogP contribution in [0.2, 0.25) is 0 Å². The van der Waals surface area contributed by atoms with Crippen molar-refractivity contribution in [1.29, 1.82) is 0 Å². The molecule has 22 aromatic carbocycles. The maximum atomic E-state index is 2.41. The predicted molar refractivity (Wildman–Crippen MR) is 521 cm³/mol. The Morgan fingerprint density at radius 1 is 0.115 bits per heavy atom. The predicted octanol–water partition coefficient (Wildman–Crippen LogP) is 33.2. The van der Waals surface area contributed by atoms with Crippen LogP contribution in [0.5, 0.6) is 0 Å². The zero-order valence-corrected chi connectivity index (χ0v) is 66.9. The zero-order chi connectivity index (χ0) is 80.6. The molecule has 24 aromatic rings. The molecule has 0 saturated carbocycles. The topological polar surface area (TPSA) is 9.86 Å². The van der Waals surface area contributed by atoms with Crippen molar-refractivity contribution in [3.8, 4) is 123 Å². The molecule has 0 N–H and O–H groups in total. The Bertz CT molecular complexity index is 7550. The molecule has 0 aliphatic heterocycles. The quantitative estimate of drug-likeness (QED) is 0.108. The molecule has 0 bridgehead atoms. The summed E-state index contributed by atoms with van der Waals surface area (Å²) in [5.74, 6) is 0. The highest BCUT2D eigenvalue weighted by Gasteiger charge is 2.22. The van der Waals surface area contributed by atoms with Gasteiger partial charge in [0.1, 0.15) is 0 Å². The Labute approximate surface area is 708 Å². The van der Waals surface area contributed by atoms with Crippen LogP contribution in [0.25, 0.3) is 231 Å². The molecule has 0 saturated heterocycles. The Kier molecular flexibility index (Phi) is 17.6. The van der Waals surface area contributed by atoms with Crippen LogP contribution in [0.4, 0.5) is 0 Å². The minimum atomic E-state index is 1.15. The monoisotopic (exact) mass is 1550 g/mol. The molecule has 0 atom stereocenters. The number of rotatable bonds is 12. The van der Waals surface area contributed by atoms with Crippen molar-refractivity contribution in [2.24, 2.45) is 0 Å². The molecule has 0 aliphatic carbocycles. The fourth-order valence-electron chi connectivity index (χ4n) is 19.5. The molecule has 0 aliphatic rings. The summed E-state index contributed by atoms with van der Waals surface area (Å²) < 4.78 is 4.83. The summed E-state index contributed by atoms with van der Waals surface area (Å²) in [6, 6.07) is 173. The van der Waals surface area contributed by atoms with E-state index < -0.39 is 0 Å². The first-order valence-corrected chi connectivity index (χ1v) is 42.2. The molecule has 0 spiro atoms. The second-order valence-electron chi connectivity index (χ2n) is 32.0. The lowest BCUT2D eigenvalue weighted by molar-refractivity contribution is 1.18. The number of benzene rings is 22. The third-order valence-electron chi connectivity index (χ3n) is 25.2. The van der Waals surface area contributed by atoms with E-state index in [1.165, 1.54) is 220 Å². The van der Waals surface area contributed by atoms with Crippen molar-refractivity contribution in [2.75, 3.05) is 0 Å². The van der Waals surface area contributed by atoms with E-state index in [0.29, 0.717) is 0 Å². The molecule has 2 nitrogen and oxygen atoms in total. The van der Waals surface area contributed by atoms with Crippen molar-refractivity contribution in [3.63, 3.8) is 0 Å². The number of hydrogen-bond donors (Lipinski definition) is 0. The first-order valence-electron chi connectivity index (χ1n) is 42.2. The third-order valence-corrected chi connectivity index (χ3v) is 25.2. The normalized spacial score (nSPS) is 11.6.